The van der Waals surface area contributed by atoms with Crippen molar-refractivity contribution in [1.82, 2.24) is 14.9 Å². The van der Waals surface area contributed by atoms with Crippen LogP contribution in [0.15, 0.2) is 16.9 Å². The Kier molecular flexibility index (Phi) is 5.48. The third kappa shape index (κ3) is 4.82. The van der Waals surface area contributed by atoms with Crippen LogP contribution in [-0.2, 0) is 9.47 Å². The zero-order valence-electron chi connectivity index (χ0n) is 14.8. The Hall–Kier alpha value is -1.41. The summed E-state index contributed by atoms with van der Waals surface area (Å²) in [6.45, 7) is 8.69. The van der Waals surface area contributed by atoms with Gasteiger partial charge in [0.25, 0.3) is 0 Å². The van der Waals surface area contributed by atoms with Crippen molar-refractivity contribution in [1.29, 1.82) is 0 Å². The van der Waals surface area contributed by atoms with Crippen molar-refractivity contribution in [2.45, 2.75) is 26.4 Å². The van der Waals surface area contributed by atoms with Crippen LogP contribution in [0.4, 0.5) is 4.79 Å². The van der Waals surface area contributed by atoms with Crippen LogP contribution in [0.1, 0.15) is 20.8 Å². The summed E-state index contributed by atoms with van der Waals surface area (Å²) in [5.41, 5.74) is -0.485. The molecule has 0 aromatic carbocycles. The highest BCUT2D eigenvalue weighted by molar-refractivity contribution is 9.10. The molecule has 3 atom stereocenters. The summed E-state index contributed by atoms with van der Waals surface area (Å²) in [5, 5.41) is 0. The minimum absolute atomic E-state index is 0.232. The normalized spacial score (nSPS) is 26.2. The molecule has 0 aliphatic carbocycles. The zero-order valence-corrected chi connectivity index (χ0v) is 16.4. The van der Waals surface area contributed by atoms with Gasteiger partial charge < -0.3 is 19.1 Å². The molecule has 138 valence electrons. The molecule has 2 aliphatic rings. The van der Waals surface area contributed by atoms with E-state index in [-0.39, 0.29) is 17.9 Å². The second-order valence-electron chi connectivity index (χ2n) is 7.60. The van der Waals surface area contributed by atoms with Gasteiger partial charge in [-0.25, -0.2) is 14.8 Å². The number of hydrogen-bond acceptors (Lipinski definition) is 6. The molecule has 3 rings (SSSR count). The largest absolute Gasteiger partial charge is 0.463 e. The maximum Gasteiger partial charge on any atom is 0.410 e. The molecule has 25 heavy (non-hydrogen) atoms. The standard InChI is InChI=1S/C17H24BrN3O4/c1-17(2,3)25-16(22)21-6-11-8-23-9-12(7-21)14(11)10-24-15-19-4-13(18)5-20-15/h4-5,11-12,14H,6-10H2,1-3H3/t11-,12?,14?/m1/s1. The summed E-state index contributed by atoms with van der Waals surface area (Å²) in [7, 11) is 0. The summed E-state index contributed by atoms with van der Waals surface area (Å²) in [6, 6.07) is 0.372. The molecule has 2 fully saturated rings. The van der Waals surface area contributed by atoms with Crippen LogP contribution in [0.25, 0.3) is 0 Å². The minimum Gasteiger partial charge on any atom is -0.463 e. The molecule has 0 N–H and O–H groups in total. The lowest BCUT2D eigenvalue weighted by atomic mass is 9.77. The number of carbonyl (C=O) groups is 1. The van der Waals surface area contributed by atoms with Crippen molar-refractivity contribution in [3.8, 4) is 6.01 Å². The number of halogens is 1. The van der Waals surface area contributed by atoms with Crippen molar-refractivity contribution < 1.29 is 19.0 Å². The lowest BCUT2D eigenvalue weighted by Crippen LogP contribution is -2.56. The van der Waals surface area contributed by atoms with Crippen LogP contribution in [0.3, 0.4) is 0 Å². The third-order valence-electron chi connectivity index (χ3n) is 4.44. The number of likely N-dealkylation sites (tertiary alicyclic amines) is 1. The van der Waals surface area contributed by atoms with Gasteiger partial charge in [0.2, 0.25) is 0 Å². The first kappa shape index (κ1) is 18.4. The molecule has 0 spiro atoms. The van der Waals surface area contributed by atoms with Gasteiger partial charge in [0.05, 0.1) is 24.3 Å². The predicted molar refractivity (Wildman–Crippen MR) is 94.3 cm³/mol. The van der Waals surface area contributed by atoms with Gasteiger partial charge >= 0.3 is 12.1 Å². The highest BCUT2D eigenvalue weighted by Gasteiger charge is 2.43. The fourth-order valence-electron chi connectivity index (χ4n) is 3.31. The number of carbonyl (C=O) groups excluding carboxylic acids is 1. The number of fused-ring (bicyclic) bond motifs is 2. The Morgan fingerprint density at radius 2 is 1.88 bits per heavy atom. The van der Waals surface area contributed by atoms with Crippen LogP contribution in [0, 0.1) is 17.8 Å². The molecule has 2 saturated heterocycles. The maximum absolute atomic E-state index is 12.4. The van der Waals surface area contributed by atoms with E-state index in [9.17, 15) is 4.79 Å². The average Bonchev–Trinajstić information content (AvgIpc) is 2.52. The van der Waals surface area contributed by atoms with E-state index in [1.54, 1.807) is 17.3 Å². The Morgan fingerprint density at radius 3 is 2.44 bits per heavy atom. The van der Waals surface area contributed by atoms with Crippen LogP contribution in [-0.4, -0.2) is 59.5 Å². The Balaban J connectivity index is 1.60. The van der Waals surface area contributed by atoms with Crippen molar-refractivity contribution in [2.24, 2.45) is 17.8 Å². The topological polar surface area (TPSA) is 73.8 Å². The highest BCUT2D eigenvalue weighted by atomic mass is 79.9. The van der Waals surface area contributed by atoms with E-state index in [0.29, 0.717) is 44.8 Å². The number of ether oxygens (including phenoxy) is 3. The van der Waals surface area contributed by atoms with E-state index in [4.69, 9.17) is 14.2 Å². The first-order chi connectivity index (χ1) is 11.8. The molecule has 0 saturated carbocycles. The van der Waals surface area contributed by atoms with Gasteiger partial charge in [-0.15, -0.1) is 0 Å². The minimum atomic E-state index is -0.485. The summed E-state index contributed by atoms with van der Waals surface area (Å²) in [6.07, 6.45) is 3.08. The van der Waals surface area contributed by atoms with Crippen molar-refractivity contribution >= 4 is 22.0 Å². The molecule has 1 aromatic heterocycles. The summed E-state index contributed by atoms with van der Waals surface area (Å²) < 4.78 is 17.8. The molecule has 1 amide bonds. The quantitative estimate of drug-likeness (QED) is 0.758. The van der Waals surface area contributed by atoms with E-state index in [1.807, 2.05) is 20.8 Å². The summed E-state index contributed by atoms with van der Waals surface area (Å²) in [5.74, 6) is 0.783. The van der Waals surface area contributed by atoms with Crippen molar-refractivity contribution in [3.05, 3.63) is 16.9 Å². The molecule has 0 radical (unpaired) electrons. The van der Waals surface area contributed by atoms with Crippen LogP contribution in [0.5, 0.6) is 6.01 Å². The molecule has 8 heteroatoms. The summed E-state index contributed by atoms with van der Waals surface area (Å²) in [4.78, 5) is 22.5. The van der Waals surface area contributed by atoms with Crippen LogP contribution in [0.2, 0.25) is 0 Å². The van der Waals surface area contributed by atoms with Gasteiger partial charge in [-0.1, -0.05) is 0 Å². The molecule has 2 unspecified atom stereocenters. The molecule has 2 aliphatic heterocycles. The molecule has 7 nitrogen and oxygen atoms in total. The molecular formula is C17H24BrN3O4. The molecular weight excluding hydrogens is 390 g/mol. The molecule has 1 aromatic rings. The highest BCUT2D eigenvalue weighted by Crippen LogP contribution is 2.34. The zero-order chi connectivity index (χ0) is 18.0. The Labute approximate surface area is 156 Å². The smallest absolute Gasteiger partial charge is 0.410 e. The predicted octanol–water partition coefficient (Wildman–Crippen LogP) is 2.75. The SMILES string of the molecule is CC(C)(C)OC(=O)N1CC2COC[C@@H](C1)C2COc1ncc(Br)cn1. The average molecular weight is 414 g/mol. The Morgan fingerprint density at radius 1 is 1.28 bits per heavy atom. The fourth-order valence-corrected chi connectivity index (χ4v) is 3.52. The fraction of sp³-hybridized carbons (Fsp3) is 0.706. The van der Waals surface area contributed by atoms with E-state index in [0.717, 1.165) is 4.47 Å². The van der Waals surface area contributed by atoms with E-state index < -0.39 is 5.60 Å². The first-order valence-corrected chi connectivity index (χ1v) is 9.27. The number of aromatic nitrogens is 2. The van der Waals surface area contributed by atoms with Gasteiger partial charge in [-0.05, 0) is 36.7 Å². The number of rotatable bonds is 3. The monoisotopic (exact) mass is 413 g/mol. The number of nitrogens with zero attached hydrogens (tertiary/aromatic N) is 3. The second-order valence-corrected chi connectivity index (χ2v) is 8.52. The number of piperidine rings is 1. The van der Waals surface area contributed by atoms with Gasteiger partial charge in [-0.3, -0.25) is 0 Å². The van der Waals surface area contributed by atoms with E-state index >= 15 is 0 Å². The van der Waals surface area contributed by atoms with Crippen molar-refractivity contribution in [2.75, 3.05) is 32.9 Å². The Bertz CT molecular complexity index is 591. The number of hydrogen-bond donors (Lipinski definition) is 0. The van der Waals surface area contributed by atoms with Gasteiger partial charge in [0.15, 0.2) is 0 Å². The van der Waals surface area contributed by atoms with E-state index in [2.05, 4.69) is 25.9 Å². The third-order valence-corrected chi connectivity index (χ3v) is 4.85. The first-order valence-electron chi connectivity index (χ1n) is 8.48. The second kappa shape index (κ2) is 7.45. The maximum atomic E-state index is 12.4. The van der Waals surface area contributed by atoms with Crippen LogP contribution < -0.4 is 4.74 Å². The summed E-state index contributed by atoms with van der Waals surface area (Å²) >= 11 is 3.31. The van der Waals surface area contributed by atoms with Crippen LogP contribution >= 0.6 is 15.9 Å². The molecule has 3 heterocycles. The lowest BCUT2D eigenvalue weighted by Gasteiger charge is -2.46. The van der Waals surface area contributed by atoms with E-state index in [1.165, 1.54) is 0 Å². The van der Waals surface area contributed by atoms with Gasteiger partial charge in [0, 0.05) is 43.2 Å². The number of amides is 1. The van der Waals surface area contributed by atoms with Gasteiger partial charge in [0.1, 0.15) is 5.60 Å². The van der Waals surface area contributed by atoms with Crippen molar-refractivity contribution in [3.63, 3.8) is 0 Å². The lowest BCUT2D eigenvalue weighted by molar-refractivity contribution is -0.0950. The van der Waals surface area contributed by atoms with Gasteiger partial charge in [-0.2, -0.15) is 0 Å². The molecule has 2 bridgehead atoms.